The fourth-order valence-electron chi connectivity index (χ4n) is 5.04. The van der Waals surface area contributed by atoms with E-state index in [0.29, 0.717) is 40.6 Å². The maximum atomic E-state index is 12.9. The van der Waals surface area contributed by atoms with Crippen molar-refractivity contribution in [2.45, 2.75) is 33.1 Å². The van der Waals surface area contributed by atoms with E-state index in [2.05, 4.69) is 0 Å². The Hall–Kier alpha value is -3.45. The number of rotatable bonds is 4. The molecule has 180 valence electrons. The van der Waals surface area contributed by atoms with Gasteiger partial charge in [-0.05, 0) is 68.1 Å². The van der Waals surface area contributed by atoms with Crippen LogP contribution in [0.2, 0.25) is 5.02 Å². The minimum atomic E-state index is -0.611. The summed E-state index contributed by atoms with van der Waals surface area (Å²) in [6.07, 6.45) is 5.11. The number of carbonyl (C=O) groups excluding carboxylic acids is 4. The molecule has 0 spiro atoms. The minimum Gasteiger partial charge on any atom is -0.426 e. The molecule has 0 radical (unpaired) electrons. The van der Waals surface area contributed by atoms with E-state index < -0.39 is 11.9 Å². The van der Waals surface area contributed by atoms with E-state index in [0.717, 1.165) is 5.56 Å². The van der Waals surface area contributed by atoms with Gasteiger partial charge in [0.25, 0.3) is 0 Å². The van der Waals surface area contributed by atoms with Crippen LogP contribution in [0, 0.1) is 31.6 Å². The van der Waals surface area contributed by atoms with Crippen LogP contribution in [0.5, 0.6) is 5.75 Å². The molecule has 2 aliphatic heterocycles. The molecule has 7 nitrogen and oxygen atoms in total. The molecule has 0 aromatic heterocycles. The Labute approximate surface area is 208 Å². The summed E-state index contributed by atoms with van der Waals surface area (Å²) in [6, 6.07) is 10.2. The number of carbonyl (C=O) groups is 4. The second-order valence-corrected chi connectivity index (χ2v) is 9.78. The Kier molecular flexibility index (Phi) is 5.97. The Balaban J connectivity index is 1.28. The van der Waals surface area contributed by atoms with Crippen LogP contribution in [0.1, 0.15) is 30.4 Å². The number of allylic oxidation sites excluding steroid dienone is 2. The lowest BCUT2D eigenvalue weighted by molar-refractivity contribution is -0.139. The number of esters is 1. The van der Waals surface area contributed by atoms with Crippen LogP contribution in [0.3, 0.4) is 0 Å². The van der Waals surface area contributed by atoms with Gasteiger partial charge in [-0.15, -0.1) is 0 Å². The first-order valence-electron chi connectivity index (χ1n) is 11.7. The predicted molar refractivity (Wildman–Crippen MR) is 131 cm³/mol. The number of nitrogens with zero attached hydrogens (tertiary/aromatic N) is 2. The van der Waals surface area contributed by atoms with E-state index in [-0.39, 0.29) is 42.5 Å². The Morgan fingerprint density at radius 1 is 0.943 bits per heavy atom. The molecular weight excluding hydrogens is 468 g/mol. The number of hydrogen-bond donors (Lipinski definition) is 0. The van der Waals surface area contributed by atoms with E-state index in [4.69, 9.17) is 16.3 Å². The van der Waals surface area contributed by atoms with Gasteiger partial charge in [-0.2, -0.15) is 0 Å². The zero-order valence-corrected chi connectivity index (χ0v) is 20.2. The standard InChI is InChI=1S/C27H25ClN2O5/c1-15-7-8-18(13-22(15)28)29-14-17(12-24(29)31)27(34)35-19-9-10-23(16(2)11-19)30-25(32)20-5-3-4-6-21(20)26(30)33/h3-4,7-11,13,17,20-21H,5-6,12,14H2,1-2H3/t17-,20+,21+/m1/s1. The van der Waals surface area contributed by atoms with Crippen LogP contribution in [0.4, 0.5) is 11.4 Å². The summed E-state index contributed by atoms with van der Waals surface area (Å²) in [5, 5.41) is 0.558. The van der Waals surface area contributed by atoms with Gasteiger partial charge < -0.3 is 9.64 Å². The first kappa shape index (κ1) is 23.3. The lowest BCUT2D eigenvalue weighted by Crippen LogP contribution is -2.31. The Morgan fingerprint density at radius 3 is 2.26 bits per heavy atom. The number of halogens is 1. The summed E-state index contributed by atoms with van der Waals surface area (Å²) in [4.78, 5) is 54.0. The van der Waals surface area contributed by atoms with Crippen molar-refractivity contribution in [3.8, 4) is 5.75 Å². The van der Waals surface area contributed by atoms with Crippen molar-refractivity contribution < 1.29 is 23.9 Å². The van der Waals surface area contributed by atoms with Gasteiger partial charge in [0.15, 0.2) is 0 Å². The number of anilines is 2. The van der Waals surface area contributed by atoms with Crippen molar-refractivity contribution in [2.75, 3.05) is 16.3 Å². The number of fused-ring (bicyclic) bond motifs is 1. The Bertz CT molecular complexity index is 1260. The van der Waals surface area contributed by atoms with Crippen molar-refractivity contribution in [1.29, 1.82) is 0 Å². The zero-order chi connectivity index (χ0) is 24.9. The summed E-state index contributed by atoms with van der Waals surface area (Å²) in [5.74, 6) is -1.96. The van der Waals surface area contributed by atoms with E-state index in [1.165, 1.54) is 4.90 Å². The molecule has 5 rings (SSSR count). The van der Waals surface area contributed by atoms with Gasteiger partial charge in [-0.1, -0.05) is 29.8 Å². The van der Waals surface area contributed by atoms with Crippen molar-refractivity contribution in [2.24, 2.45) is 17.8 Å². The summed E-state index contributed by atoms with van der Waals surface area (Å²) < 4.78 is 5.58. The van der Waals surface area contributed by atoms with Gasteiger partial charge >= 0.3 is 5.97 Å². The monoisotopic (exact) mass is 492 g/mol. The fourth-order valence-corrected chi connectivity index (χ4v) is 5.22. The predicted octanol–water partition coefficient (Wildman–Crippen LogP) is 4.37. The average Bonchev–Trinajstić information content (AvgIpc) is 3.34. The van der Waals surface area contributed by atoms with Gasteiger partial charge in [0.05, 0.1) is 23.4 Å². The second-order valence-electron chi connectivity index (χ2n) is 9.38. The van der Waals surface area contributed by atoms with E-state index in [1.54, 1.807) is 36.1 Å². The zero-order valence-electron chi connectivity index (χ0n) is 19.5. The van der Waals surface area contributed by atoms with Crippen molar-refractivity contribution in [3.05, 3.63) is 64.7 Å². The van der Waals surface area contributed by atoms with Gasteiger partial charge in [0.2, 0.25) is 17.7 Å². The molecule has 2 aromatic rings. The highest BCUT2D eigenvalue weighted by molar-refractivity contribution is 6.31. The van der Waals surface area contributed by atoms with Crippen LogP contribution >= 0.6 is 11.6 Å². The molecule has 8 heteroatoms. The molecule has 1 aliphatic carbocycles. The van der Waals surface area contributed by atoms with Gasteiger partial charge in [-0.25, -0.2) is 4.90 Å². The molecule has 2 heterocycles. The molecule has 2 saturated heterocycles. The molecule has 35 heavy (non-hydrogen) atoms. The average molecular weight is 493 g/mol. The van der Waals surface area contributed by atoms with Crippen LogP contribution in [-0.2, 0) is 19.2 Å². The molecule has 0 unspecified atom stereocenters. The summed E-state index contributed by atoms with van der Waals surface area (Å²) >= 11 is 6.20. The molecule has 0 bridgehead atoms. The number of benzene rings is 2. The summed E-state index contributed by atoms with van der Waals surface area (Å²) in [5.41, 5.74) is 2.72. The van der Waals surface area contributed by atoms with Crippen molar-refractivity contribution in [1.82, 2.24) is 0 Å². The third-order valence-electron chi connectivity index (χ3n) is 7.06. The van der Waals surface area contributed by atoms with Gasteiger partial charge in [0.1, 0.15) is 5.75 Å². The van der Waals surface area contributed by atoms with Crippen LogP contribution in [0.25, 0.3) is 0 Å². The maximum absolute atomic E-state index is 12.9. The molecule has 0 N–H and O–H groups in total. The fraction of sp³-hybridized carbons (Fsp3) is 0.333. The number of aryl methyl sites for hydroxylation is 2. The number of ether oxygens (including phenoxy) is 1. The highest BCUT2D eigenvalue weighted by Gasteiger charge is 2.48. The molecule has 3 atom stereocenters. The number of amides is 3. The highest BCUT2D eigenvalue weighted by Crippen LogP contribution is 2.39. The lowest BCUT2D eigenvalue weighted by Gasteiger charge is -2.19. The first-order chi connectivity index (χ1) is 16.7. The van der Waals surface area contributed by atoms with E-state index in [1.807, 2.05) is 31.2 Å². The molecular formula is C27H25ClN2O5. The minimum absolute atomic E-state index is 0.0506. The van der Waals surface area contributed by atoms with Crippen molar-refractivity contribution in [3.63, 3.8) is 0 Å². The number of imide groups is 1. The number of hydrogen-bond acceptors (Lipinski definition) is 5. The Morgan fingerprint density at radius 2 is 1.63 bits per heavy atom. The maximum Gasteiger partial charge on any atom is 0.316 e. The second kappa shape index (κ2) is 8.96. The van der Waals surface area contributed by atoms with E-state index >= 15 is 0 Å². The topological polar surface area (TPSA) is 84.0 Å². The highest BCUT2D eigenvalue weighted by atomic mass is 35.5. The first-order valence-corrected chi connectivity index (χ1v) is 12.0. The van der Waals surface area contributed by atoms with Crippen LogP contribution in [-0.4, -0.2) is 30.2 Å². The third kappa shape index (κ3) is 4.14. The van der Waals surface area contributed by atoms with Crippen LogP contribution < -0.4 is 14.5 Å². The summed E-state index contributed by atoms with van der Waals surface area (Å²) in [7, 11) is 0. The molecule has 2 fully saturated rings. The quantitative estimate of drug-likeness (QED) is 0.274. The third-order valence-corrected chi connectivity index (χ3v) is 7.47. The normalized spacial score (nSPS) is 23.7. The smallest absolute Gasteiger partial charge is 0.316 e. The SMILES string of the molecule is Cc1ccc(N2C[C@H](C(=O)Oc3ccc(N4C(=O)[C@H]5CC=CC[C@@H]5C4=O)c(C)c3)CC2=O)cc1Cl. The largest absolute Gasteiger partial charge is 0.426 e. The van der Waals surface area contributed by atoms with Gasteiger partial charge in [0, 0.05) is 23.7 Å². The molecule has 2 aromatic carbocycles. The van der Waals surface area contributed by atoms with Gasteiger partial charge in [-0.3, -0.25) is 19.2 Å². The van der Waals surface area contributed by atoms with Crippen molar-refractivity contribution >= 4 is 46.7 Å². The lowest BCUT2D eigenvalue weighted by atomic mass is 9.85. The molecule has 0 saturated carbocycles. The molecule has 3 amide bonds. The van der Waals surface area contributed by atoms with E-state index in [9.17, 15) is 19.2 Å². The molecule has 3 aliphatic rings. The summed E-state index contributed by atoms with van der Waals surface area (Å²) in [6.45, 7) is 3.86. The van der Waals surface area contributed by atoms with Crippen LogP contribution in [0.15, 0.2) is 48.6 Å².